The van der Waals surface area contributed by atoms with Crippen LogP contribution in [0.5, 0.6) is 0 Å². The highest BCUT2D eigenvalue weighted by atomic mass is 19.1. The van der Waals surface area contributed by atoms with Crippen molar-refractivity contribution in [3.63, 3.8) is 0 Å². The Bertz CT molecular complexity index is 654. The normalized spacial score (nSPS) is 12.2. The standard InChI is InChI=1S/C13H13FN2O4/c1-6-10(12(20-16-6)13(18)19-2)11(17)8-4-3-7(15)5-9(8)14/h3-5,11,17H,15H2,1-2H3. The molecule has 0 aliphatic heterocycles. The summed E-state index contributed by atoms with van der Waals surface area (Å²) in [6.07, 6.45) is -1.41. The Labute approximate surface area is 113 Å². The van der Waals surface area contributed by atoms with Crippen LogP contribution in [0.1, 0.15) is 33.5 Å². The first-order chi connectivity index (χ1) is 9.45. The first-order valence-corrected chi connectivity index (χ1v) is 5.73. The lowest BCUT2D eigenvalue weighted by Crippen LogP contribution is -2.10. The fourth-order valence-corrected chi connectivity index (χ4v) is 1.86. The Kier molecular flexibility index (Phi) is 3.71. The molecule has 0 aliphatic carbocycles. The average molecular weight is 280 g/mol. The van der Waals surface area contributed by atoms with Gasteiger partial charge < -0.3 is 20.1 Å². The summed E-state index contributed by atoms with van der Waals surface area (Å²) in [7, 11) is 1.17. The molecule has 106 valence electrons. The monoisotopic (exact) mass is 280 g/mol. The van der Waals surface area contributed by atoms with E-state index in [9.17, 15) is 14.3 Å². The van der Waals surface area contributed by atoms with Gasteiger partial charge in [-0.3, -0.25) is 0 Å². The molecule has 1 atom stereocenters. The molecule has 2 aromatic rings. The quantitative estimate of drug-likeness (QED) is 0.654. The molecule has 1 heterocycles. The van der Waals surface area contributed by atoms with Crippen LogP contribution in [0.25, 0.3) is 0 Å². The van der Waals surface area contributed by atoms with Crippen LogP contribution in [0, 0.1) is 12.7 Å². The van der Waals surface area contributed by atoms with Gasteiger partial charge in [-0.15, -0.1) is 0 Å². The predicted molar refractivity (Wildman–Crippen MR) is 67.5 cm³/mol. The fourth-order valence-electron chi connectivity index (χ4n) is 1.86. The van der Waals surface area contributed by atoms with E-state index in [0.29, 0.717) is 0 Å². The Balaban J connectivity index is 2.50. The zero-order valence-corrected chi connectivity index (χ0v) is 10.9. The number of halogens is 1. The van der Waals surface area contributed by atoms with Gasteiger partial charge in [0.25, 0.3) is 5.76 Å². The number of aliphatic hydroxyl groups is 1. The SMILES string of the molecule is COC(=O)c1onc(C)c1C(O)c1ccc(N)cc1F. The number of anilines is 1. The number of rotatable bonds is 3. The van der Waals surface area contributed by atoms with E-state index in [4.69, 9.17) is 10.3 Å². The second-order valence-electron chi connectivity index (χ2n) is 4.19. The lowest BCUT2D eigenvalue weighted by Gasteiger charge is -2.12. The molecule has 7 heteroatoms. The highest BCUT2D eigenvalue weighted by Gasteiger charge is 2.28. The molecule has 6 nitrogen and oxygen atoms in total. The number of esters is 1. The number of aryl methyl sites for hydroxylation is 1. The summed E-state index contributed by atoms with van der Waals surface area (Å²) in [4.78, 5) is 11.5. The first-order valence-electron chi connectivity index (χ1n) is 5.73. The molecule has 1 aromatic heterocycles. The number of aromatic nitrogens is 1. The van der Waals surface area contributed by atoms with Gasteiger partial charge in [0.2, 0.25) is 0 Å². The van der Waals surface area contributed by atoms with Crippen molar-refractivity contribution < 1.29 is 23.6 Å². The van der Waals surface area contributed by atoms with Gasteiger partial charge in [-0.05, 0) is 19.1 Å². The molecule has 0 amide bonds. The van der Waals surface area contributed by atoms with Crippen molar-refractivity contribution in [3.8, 4) is 0 Å². The van der Waals surface area contributed by atoms with Crippen LogP contribution in [-0.4, -0.2) is 23.3 Å². The number of aliphatic hydroxyl groups excluding tert-OH is 1. The number of hydrogen-bond acceptors (Lipinski definition) is 6. The highest BCUT2D eigenvalue weighted by molar-refractivity contribution is 5.88. The van der Waals surface area contributed by atoms with Crippen molar-refractivity contribution >= 4 is 11.7 Å². The number of nitrogens with two attached hydrogens (primary N) is 1. The summed E-state index contributed by atoms with van der Waals surface area (Å²) in [5, 5.41) is 13.9. The number of hydrogen-bond donors (Lipinski definition) is 2. The maximum atomic E-state index is 13.8. The van der Waals surface area contributed by atoms with Gasteiger partial charge in [-0.1, -0.05) is 11.2 Å². The van der Waals surface area contributed by atoms with Crippen molar-refractivity contribution in [2.45, 2.75) is 13.0 Å². The van der Waals surface area contributed by atoms with E-state index in [1.807, 2.05) is 0 Å². The van der Waals surface area contributed by atoms with Crippen molar-refractivity contribution in [1.82, 2.24) is 5.16 Å². The third-order valence-corrected chi connectivity index (χ3v) is 2.87. The minimum absolute atomic E-state index is 0.0318. The molecule has 0 aliphatic rings. The van der Waals surface area contributed by atoms with Crippen molar-refractivity contribution in [2.75, 3.05) is 12.8 Å². The smallest absolute Gasteiger partial charge is 0.377 e. The van der Waals surface area contributed by atoms with Crippen LogP contribution in [0.3, 0.4) is 0 Å². The van der Waals surface area contributed by atoms with Gasteiger partial charge in [0.05, 0.1) is 18.4 Å². The molecule has 0 saturated heterocycles. The van der Waals surface area contributed by atoms with E-state index in [1.165, 1.54) is 26.2 Å². The second-order valence-corrected chi connectivity index (χ2v) is 4.19. The van der Waals surface area contributed by atoms with Crippen LogP contribution in [-0.2, 0) is 4.74 Å². The van der Waals surface area contributed by atoms with Gasteiger partial charge in [-0.2, -0.15) is 0 Å². The van der Waals surface area contributed by atoms with Crippen LogP contribution in [0.4, 0.5) is 10.1 Å². The number of ether oxygens (including phenoxy) is 1. The zero-order chi connectivity index (χ0) is 14.9. The van der Waals surface area contributed by atoms with Crippen LogP contribution in [0.2, 0.25) is 0 Å². The van der Waals surface area contributed by atoms with E-state index >= 15 is 0 Å². The topological polar surface area (TPSA) is 98.6 Å². The number of carbonyl (C=O) groups is 1. The lowest BCUT2D eigenvalue weighted by atomic mass is 9.99. The fraction of sp³-hybridized carbons (Fsp3) is 0.231. The molecular weight excluding hydrogens is 267 g/mol. The van der Waals surface area contributed by atoms with Gasteiger partial charge in [0.1, 0.15) is 11.9 Å². The Morgan fingerprint density at radius 2 is 2.25 bits per heavy atom. The summed E-state index contributed by atoms with van der Waals surface area (Å²) in [5.41, 5.74) is 5.99. The number of nitrogens with zero attached hydrogens (tertiary/aromatic N) is 1. The van der Waals surface area contributed by atoms with Gasteiger partial charge in [0.15, 0.2) is 0 Å². The number of nitrogen functional groups attached to an aromatic ring is 1. The largest absolute Gasteiger partial charge is 0.463 e. The molecule has 1 unspecified atom stereocenters. The average Bonchev–Trinajstić information content (AvgIpc) is 2.79. The Morgan fingerprint density at radius 1 is 1.55 bits per heavy atom. The Hall–Kier alpha value is -2.41. The summed E-state index contributed by atoms with van der Waals surface area (Å²) in [5.74, 6) is -1.74. The van der Waals surface area contributed by atoms with Crippen molar-refractivity contribution in [2.24, 2.45) is 0 Å². The predicted octanol–water partition coefficient (Wildman–Crippen LogP) is 1.57. The maximum Gasteiger partial charge on any atom is 0.377 e. The van der Waals surface area contributed by atoms with Crippen LogP contribution < -0.4 is 5.73 Å². The first kappa shape index (κ1) is 14.0. The van der Waals surface area contributed by atoms with E-state index < -0.39 is 17.9 Å². The minimum Gasteiger partial charge on any atom is -0.463 e. The number of carbonyl (C=O) groups excluding carboxylic acids is 1. The van der Waals surface area contributed by atoms with Gasteiger partial charge in [-0.25, -0.2) is 9.18 Å². The molecule has 0 bridgehead atoms. The number of methoxy groups -OCH3 is 1. The van der Waals surface area contributed by atoms with E-state index in [0.717, 1.165) is 6.07 Å². The lowest BCUT2D eigenvalue weighted by molar-refractivity contribution is 0.0547. The van der Waals surface area contributed by atoms with Crippen LogP contribution in [0.15, 0.2) is 22.7 Å². The summed E-state index contributed by atoms with van der Waals surface area (Å²) in [6.45, 7) is 1.53. The molecule has 0 radical (unpaired) electrons. The molecule has 1 aromatic carbocycles. The van der Waals surface area contributed by atoms with Crippen LogP contribution >= 0.6 is 0 Å². The molecular formula is C13H13FN2O4. The molecule has 20 heavy (non-hydrogen) atoms. The third-order valence-electron chi connectivity index (χ3n) is 2.87. The molecule has 0 saturated carbocycles. The summed E-state index contributed by atoms with van der Waals surface area (Å²) in [6, 6.07) is 3.87. The maximum absolute atomic E-state index is 13.8. The van der Waals surface area contributed by atoms with E-state index in [1.54, 1.807) is 0 Å². The highest BCUT2D eigenvalue weighted by Crippen LogP contribution is 2.30. The molecule has 0 fully saturated rings. The zero-order valence-electron chi connectivity index (χ0n) is 10.9. The van der Waals surface area contributed by atoms with Crippen molar-refractivity contribution in [1.29, 1.82) is 0 Å². The molecule has 2 rings (SSSR count). The molecule has 3 N–H and O–H groups in total. The Morgan fingerprint density at radius 3 is 2.85 bits per heavy atom. The third kappa shape index (κ3) is 2.35. The van der Waals surface area contributed by atoms with E-state index in [2.05, 4.69) is 9.89 Å². The van der Waals surface area contributed by atoms with E-state index in [-0.39, 0.29) is 28.3 Å². The second kappa shape index (κ2) is 5.30. The van der Waals surface area contributed by atoms with Gasteiger partial charge >= 0.3 is 5.97 Å². The summed E-state index contributed by atoms with van der Waals surface area (Å²) >= 11 is 0. The minimum atomic E-state index is -1.41. The molecule has 0 spiro atoms. The van der Waals surface area contributed by atoms with Crippen molar-refractivity contribution in [3.05, 3.63) is 46.6 Å². The number of benzene rings is 1. The van der Waals surface area contributed by atoms with Gasteiger partial charge in [0, 0.05) is 11.3 Å². The summed E-state index contributed by atoms with van der Waals surface area (Å²) < 4.78 is 23.2.